The zero-order valence-electron chi connectivity index (χ0n) is 10.5. The fourth-order valence-corrected chi connectivity index (χ4v) is 2.02. The molecule has 2 aromatic carbocycles. The average Bonchev–Trinajstić information content (AvgIpc) is 2.88. The van der Waals surface area contributed by atoms with Crippen LogP contribution < -0.4 is 0 Å². The molecule has 0 aliphatic rings. The second-order valence-corrected chi connectivity index (χ2v) is 4.37. The first-order valence-corrected chi connectivity index (χ1v) is 6.12. The maximum absolute atomic E-state index is 9.45. The Morgan fingerprint density at radius 1 is 1.20 bits per heavy atom. The molecule has 0 bridgehead atoms. The SMILES string of the molecule is N#C/C(=C\c1cccc(O)c1)c1nc2ccccc2[nH]1. The van der Waals surface area contributed by atoms with Gasteiger partial charge in [0.15, 0.2) is 0 Å². The summed E-state index contributed by atoms with van der Waals surface area (Å²) >= 11 is 0. The highest BCUT2D eigenvalue weighted by atomic mass is 16.3. The number of nitrogens with zero attached hydrogens (tertiary/aromatic N) is 2. The molecule has 0 amide bonds. The number of aromatic nitrogens is 2. The number of phenolic OH excluding ortho intramolecular Hbond substituents is 1. The summed E-state index contributed by atoms with van der Waals surface area (Å²) in [6.07, 6.45) is 1.69. The molecule has 1 aromatic heterocycles. The Labute approximate surface area is 115 Å². The van der Waals surface area contributed by atoms with Crippen LogP contribution >= 0.6 is 0 Å². The third-order valence-corrected chi connectivity index (χ3v) is 2.95. The summed E-state index contributed by atoms with van der Waals surface area (Å²) in [5.41, 5.74) is 2.88. The van der Waals surface area contributed by atoms with Crippen molar-refractivity contribution < 1.29 is 5.11 Å². The largest absolute Gasteiger partial charge is 0.508 e. The number of phenols is 1. The predicted molar refractivity (Wildman–Crippen MR) is 77.7 cm³/mol. The summed E-state index contributed by atoms with van der Waals surface area (Å²) in [7, 11) is 0. The average molecular weight is 261 g/mol. The van der Waals surface area contributed by atoms with Gasteiger partial charge in [0, 0.05) is 0 Å². The Hall–Kier alpha value is -3.06. The maximum Gasteiger partial charge on any atom is 0.149 e. The number of H-pyrrole nitrogens is 1. The fourth-order valence-electron chi connectivity index (χ4n) is 2.02. The number of nitrogens with one attached hydrogen (secondary N) is 1. The van der Waals surface area contributed by atoms with Gasteiger partial charge in [-0.15, -0.1) is 0 Å². The van der Waals surface area contributed by atoms with Gasteiger partial charge in [-0.05, 0) is 35.9 Å². The Bertz CT molecular complexity index is 807. The highest BCUT2D eigenvalue weighted by Crippen LogP contribution is 2.20. The molecular weight excluding hydrogens is 250 g/mol. The van der Waals surface area contributed by atoms with Crippen LogP contribution in [0.15, 0.2) is 48.5 Å². The third-order valence-electron chi connectivity index (χ3n) is 2.95. The van der Waals surface area contributed by atoms with E-state index in [2.05, 4.69) is 16.0 Å². The maximum atomic E-state index is 9.45. The van der Waals surface area contributed by atoms with Gasteiger partial charge in [-0.2, -0.15) is 5.26 Å². The van der Waals surface area contributed by atoms with Crippen LogP contribution in [0, 0.1) is 11.3 Å². The number of aromatic hydroxyl groups is 1. The second kappa shape index (κ2) is 4.90. The number of hydrogen-bond donors (Lipinski definition) is 2. The van der Waals surface area contributed by atoms with Crippen molar-refractivity contribution in [2.24, 2.45) is 0 Å². The lowest BCUT2D eigenvalue weighted by molar-refractivity contribution is 0.475. The zero-order chi connectivity index (χ0) is 13.9. The summed E-state index contributed by atoms with van der Waals surface area (Å²) in [4.78, 5) is 7.51. The number of aromatic amines is 1. The molecule has 0 fully saturated rings. The molecule has 0 aliphatic carbocycles. The van der Waals surface area contributed by atoms with Gasteiger partial charge >= 0.3 is 0 Å². The van der Waals surface area contributed by atoms with Crippen LogP contribution in [-0.4, -0.2) is 15.1 Å². The molecule has 0 aliphatic heterocycles. The molecule has 0 spiro atoms. The quantitative estimate of drug-likeness (QED) is 0.695. The second-order valence-electron chi connectivity index (χ2n) is 4.37. The highest BCUT2D eigenvalue weighted by molar-refractivity contribution is 5.90. The van der Waals surface area contributed by atoms with Crippen LogP contribution in [0.5, 0.6) is 5.75 Å². The van der Waals surface area contributed by atoms with Crippen LogP contribution in [0.1, 0.15) is 11.4 Å². The van der Waals surface area contributed by atoms with Gasteiger partial charge in [0.05, 0.1) is 16.6 Å². The molecule has 3 aromatic rings. The number of imidazole rings is 1. The molecule has 2 N–H and O–H groups in total. The molecule has 0 unspecified atom stereocenters. The van der Waals surface area contributed by atoms with E-state index >= 15 is 0 Å². The van der Waals surface area contributed by atoms with Gasteiger partial charge in [0.25, 0.3) is 0 Å². The Kier molecular flexibility index (Phi) is 2.94. The summed E-state index contributed by atoms with van der Waals surface area (Å²) < 4.78 is 0. The molecule has 20 heavy (non-hydrogen) atoms. The van der Waals surface area contributed by atoms with E-state index in [0.29, 0.717) is 11.4 Å². The molecule has 96 valence electrons. The van der Waals surface area contributed by atoms with E-state index in [-0.39, 0.29) is 5.75 Å². The van der Waals surface area contributed by atoms with Crippen molar-refractivity contribution in [1.82, 2.24) is 9.97 Å². The van der Waals surface area contributed by atoms with Crippen molar-refractivity contribution in [3.05, 3.63) is 59.9 Å². The van der Waals surface area contributed by atoms with Gasteiger partial charge < -0.3 is 10.1 Å². The third kappa shape index (κ3) is 2.25. The lowest BCUT2D eigenvalue weighted by Crippen LogP contribution is -1.84. The molecule has 4 nitrogen and oxygen atoms in total. The van der Waals surface area contributed by atoms with Crippen LogP contribution in [0.25, 0.3) is 22.7 Å². The molecule has 3 rings (SSSR count). The van der Waals surface area contributed by atoms with E-state index in [0.717, 1.165) is 16.6 Å². The minimum atomic E-state index is 0.167. The normalized spacial score (nSPS) is 11.4. The first-order chi connectivity index (χ1) is 9.76. The van der Waals surface area contributed by atoms with Gasteiger partial charge in [0.1, 0.15) is 17.6 Å². The van der Waals surface area contributed by atoms with Gasteiger partial charge in [0.2, 0.25) is 0 Å². The standard InChI is InChI=1S/C16H11N3O/c17-10-12(8-11-4-3-5-13(20)9-11)16-18-14-6-1-2-7-15(14)19-16/h1-9,20H,(H,18,19)/b12-8+. The lowest BCUT2D eigenvalue weighted by atomic mass is 10.1. The van der Waals surface area contributed by atoms with E-state index in [1.807, 2.05) is 30.3 Å². The summed E-state index contributed by atoms with van der Waals surface area (Å²) in [5, 5.41) is 18.7. The number of benzene rings is 2. The topological polar surface area (TPSA) is 72.7 Å². The highest BCUT2D eigenvalue weighted by Gasteiger charge is 2.07. The number of allylic oxidation sites excluding steroid dienone is 1. The zero-order valence-corrected chi connectivity index (χ0v) is 10.5. The Morgan fingerprint density at radius 2 is 2.05 bits per heavy atom. The Balaban J connectivity index is 2.07. The van der Waals surface area contributed by atoms with E-state index in [4.69, 9.17) is 0 Å². The minimum Gasteiger partial charge on any atom is -0.508 e. The van der Waals surface area contributed by atoms with Crippen LogP contribution in [0.2, 0.25) is 0 Å². The number of para-hydroxylation sites is 2. The van der Waals surface area contributed by atoms with Crippen molar-refractivity contribution in [2.75, 3.05) is 0 Å². The summed E-state index contributed by atoms with van der Waals surface area (Å²) in [5.74, 6) is 0.692. The number of rotatable bonds is 2. The molecule has 0 saturated carbocycles. The first kappa shape index (κ1) is 12.0. The minimum absolute atomic E-state index is 0.167. The van der Waals surface area contributed by atoms with Crippen molar-refractivity contribution >= 4 is 22.7 Å². The van der Waals surface area contributed by atoms with Crippen molar-refractivity contribution in [3.63, 3.8) is 0 Å². The monoisotopic (exact) mass is 261 g/mol. The lowest BCUT2D eigenvalue weighted by Gasteiger charge is -1.96. The van der Waals surface area contributed by atoms with Crippen LogP contribution in [0.4, 0.5) is 0 Å². The molecule has 0 atom stereocenters. The Morgan fingerprint density at radius 3 is 2.80 bits per heavy atom. The van der Waals surface area contributed by atoms with Gasteiger partial charge in [-0.25, -0.2) is 4.98 Å². The fraction of sp³-hybridized carbons (Fsp3) is 0. The van der Waals surface area contributed by atoms with Crippen molar-refractivity contribution in [2.45, 2.75) is 0 Å². The van der Waals surface area contributed by atoms with Crippen molar-refractivity contribution in [1.29, 1.82) is 5.26 Å². The molecule has 0 radical (unpaired) electrons. The van der Waals surface area contributed by atoms with E-state index in [1.165, 1.54) is 0 Å². The van der Waals surface area contributed by atoms with Gasteiger partial charge in [-0.3, -0.25) is 0 Å². The predicted octanol–water partition coefficient (Wildman–Crippen LogP) is 3.33. The molecular formula is C16H11N3O. The van der Waals surface area contributed by atoms with E-state index < -0.39 is 0 Å². The number of fused-ring (bicyclic) bond motifs is 1. The van der Waals surface area contributed by atoms with Crippen LogP contribution in [-0.2, 0) is 0 Å². The molecule has 0 saturated heterocycles. The summed E-state index contributed by atoms with van der Waals surface area (Å²) in [6, 6.07) is 16.5. The van der Waals surface area contributed by atoms with Gasteiger partial charge in [-0.1, -0.05) is 24.3 Å². The van der Waals surface area contributed by atoms with E-state index in [9.17, 15) is 10.4 Å². The molecule has 4 heteroatoms. The molecule has 1 heterocycles. The number of hydrogen-bond acceptors (Lipinski definition) is 3. The van der Waals surface area contributed by atoms with Crippen LogP contribution in [0.3, 0.4) is 0 Å². The summed E-state index contributed by atoms with van der Waals surface area (Å²) in [6.45, 7) is 0. The first-order valence-electron chi connectivity index (χ1n) is 6.12. The van der Waals surface area contributed by atoms with E-state index in [1.54, 1.807) is 24.3 Å². The van der Waals surface area contributed by atoms with Crippen molar-refractivity contribution in [3.8, 4) is 11.8 Å². The smallest absolute Gasteiger partial charge is 0.149 e. The number of nitriles is 1.